The lowest BCUT2D eigenvalue weighted by Crippen LogP contribution is -2.33. The summed E-state index contributed by atoms with van der Waals surface area (Å²) >= 11 is 1.51. The Kier molecular flexibility index (Phi) is 3.73. The van der Waals surface area contributed by atoms with Crippen LogP contribution in [0.5, 0.6) is 0 Å². The maximum absolute atomic E-state index is 13.9. The van der Waals surface area contributed by atoms with E-state index in [1.807, 2.05) is 16.8 Å². The van der Waals surface area contributed by atoms with Gasteiger partial charge in [-0.15, -0.1) is 0 Å². The minimum absolute atomic E-state index is 0.0456. The smallest absolute Gasteiger partial charge is 0.246 e. The zero-order chi connectivity index (χ0) is 15.0. The van der Waals surface area contributed by atoms with Gasteiger partial charge >= 0.3 is 0 Å². The molecule has 0 unspecified atom stereocenters. The molecule has 7 heteroatoms. The van der Waals surface area contributed by atoms with Crippen LogP contribution in [-0.2, 0) is 16.6 Å². The van der Waals surface area contributed by atoms with Crippen molar-refractivity contribution in [1.29, 1.82) is 0 Å². The van der Waals surface area contributed by atoms with Crippen LogP contribution < -0.4 is 5.73 Å². The number of rotatable bonds is 5. The molecule has 0 spiro atoms. The molecule has 1 aromatic heterocycles. The number of nitrogens with zero attached hydrogens (tertiary/aromatic N) is 1. The van der Waals surface area contributed by atoms with Gasteiger partial charge in [-0.25, -0.2) is 12.8 Å². The number of anilines is 1. The fourth-order valence-corrected chi connectivity index (χ4v) is 4.61. The van der Waals surface area contributed by atoms with Crippen LogP contribution in [0.15, 0.2) is 39.9 Å². The van der Waals surface area contributed by atoms with Crippen LogP contribution in [0, 0.1) is 5.82 Å². The lowest BCUT2D eigenvalue weighted by molar-refractivity contribution is 0.396. The van der Waals surface area contributed by atoms with Crippen LogP contribution in [0.3, 0.4) is 0 Å². The van der Waals surface area contributed by atoms with E-state index in [1.54, 1.807) is 0 Å². The monoisotopic (exact) mass is 326 g/mol. The van der Waals surface area contributed by atoms with Crippen molar-refractivity contribution in [3.63, 3.8) is 0 Å². The van der Waals surface area contributed by atoms with E-state index in [0.717, 1.165) is 24.5 Å². The standard InChI is InChI=1S/C14H15FN2O2S2/c15-13-4-1-11(16)7-14(13)21(18,19)17(12-2-3-12)8-10-5-6-20-9-10/h1,4-7,9,12H,2-3,8,16H2. The molecule has 0 bridgehead atoms. The van der Waals surface area contributed by atoms with Crippen LogP contribution in [0.1, 0.15) is 18.4 Å². The minimum atomic E-state index is -3.88. The average molecular weight is 326 g/mol. The van der Waals surface area contributed by atoms with Crippen molar-refractivity contribution >= 4 is 27.0 Å². The Labute approximate surface area is 127 Å². The van der Waals surface area contributed by atoms with Gasteiger partial charge in [0.05, 0.1) is 0 Å². The normalized spacial score (nSPS) is 15.5. The number of sulfonamides is 1. The van der Waals surface area contributed by atoms with Gasteiger partial charge in [0.1, 0.15) is 10.7 Å². The minimum Gasteiger partial charge on any atom is -0.399 e. The van der Waals surface area contributed by atoms with Crippen LogP contribution in [0.25, 0.3) is 0 Å². The van der Waals surface area contributed by atoms with E-state index < -0.39 is 15.8 Å². The molecule has 1 saturated carbocycles. The van der Waals surface area contributed by atoms with E-state index in [2.05, 4.69) is 0 Å². The first kappa shape index (κ1) is 14.5. The van der Waals surface area contributed by atoms with Gasteiger partial charge in [0, 0.05) is 18.3 Å². The molecule has 1 fully saturated rings. The van der Waals surface area contributed by atoms with Crippen LogP contribution in [-0.4, -0.2) is 18.8 Å². The molecule has 1 aliphatic rings. The second-order valence-corrected chi connectivity index (χ2v) is 7.74. The summed E-state index contributed by atoms with van der Waals surface area (Å²) < 4.78 is 40.8. The number of halogens is 1. The summed E-state index contributed by atoms with van der Waals surface area (Å²) in [6.45, 7) is 0.269. The average Bonchev–Trinajstić information content (AvgIpc) is 3.14. The Balaban J connectivity index is 1.99. The molecule has 0 saturated heterocycles. The number of benzene rings is 1. The molecule has 0 radical (unpaired) electrons. The summed E-state index contributed by atoms with van der Waals surface area (Å²) in [5, 5.41) is 3.80. The van der Waals surface area contributed by atoms with E-state index in [4.69, 9.17) is 5.73 Å². The number of nitrogen functional groups attached to an aromatic ring is 1. The summed E-state index contributed by atoms with van der Waals surface area (Å²) in [5.41, 5.74) is 6.76. The number of thiophene rings is 1. The van der Waals surface area contributed by atoms with Crippen molar-refractivity contribution in [1.82, 2.24) is 4.31 Å². The zero-order valence-electron chi connectivity index (χ0n) is 11.2. The largest absolute Gasteiger partial charge is 0.399 e. The Morgan fingerprint density at radius 2 is 2.10 bits per heavy atom. The van der Waals surface area contributed by atoms with Crippen molar-refractivity contribution in [2.75, 3.05) is 5.73 Å². The topological polar surface area (TPSA) is 63.4 Å². The van der Waals surface area contributed by atoms with E-state index >= 15 is 0 Å². The maximum atomic E-state index is 13.9. The molecule has 1 aromatic carbocycles. The van der Waals surface area contributed by atoms with Gasteiger partial charge < -0.3 is 5.73 Å². The summed E-state index contributed by atoms with van der Waals surface area (Å²) in [6.07, 6.45) is 1.63. The Morgan fingerprint density at radius 1 is 1.33 bits per heavy atom. The molecule has 21 heavy (non-hydrogen) atoms. The molecule has 0 aliphatic heterocycles. The van der Waals surface area contributed by atoms with Crippen molar-refractivity contribution in [2.45, 2.75) is 30.3 Å². The van der Waals surface area contributed by atoms with Gasteiger partial charge in [0.2, 0.25) is 10.0 Å². The van der Waals surface area contributed by atoms with E-state index in [9.17, 15) is 12.8 Å². The highest BCUT2D eigenvalue weighted by molar-refractivity contribution is 7.89. The molecule has 3 rings (SSSR count). The molecule has 0 atom stereocenters. The first-order valence-electron chi connectivity index (χ1n) is 6.56. The number of hydrogen-bond donors (Lipinski definition) is 1. The summed E-state index contributed by atoms with van der Waals surface area (Å²) in [5.74, 6) is -0.764. The molecule has 0 amide bonds. The highest BCUT2D eigenvalue weighted by Gasteiger charge is 2.39. The van der Waals surface area contributed by atoms with Crippen LogP contribution in [0.4, 0.5) is 10.1 Å². The second kappa shape index (κ2) is 5.40. The molecule has 4 nitrogen and oxygen atoms in total. The Hall–Kier alpha value is -1.44. The Bertz CT molecular complexity index is 740. The lowest BCUT2D eigenvalue weighted by atomic mass is 10.3. The predicted molar refractivity (Wildman–Crippen MR) is 80.9 cm³/mol. The van der Waals surface area contributed by atoms with Crippen LogP contribution >= 0.6 is 11.3 Å². The summed E-state index contributed by atoms with van der Waals surface area (Å²) in [6, 6.07) is 5.47. The quantitative estimate of drug-likeness (QED) is 0.859. The molecular weight excluding hydrogens is 311 g/mol. The highest BCUT2D eigenvalue weighted by atomic mass is 32.2. The van der Waals surface area contributed by atoms with Gasteiger partial charge in [0.15, 0.2) is 0 Å². The highest BCUT2D eigenvalue weighted by Crippen LogP contribution is 2.34. The lowest BCUT2D eigenvalue weighted by Gasteiger charge is -2.22. The van der Waals surface area contributed by atoms with Crippen molar-refractivity contribution in [3.8, 4) is 0 Å². The zero-order valence-corrected chi connectivity index (χ0v) is 12.8. The van der Waals surface area contributed by atoms with E-state index in [-0.39, 0.29) is 23.2 Å². The van der Waals surface area contributed by atoms with Crippen LogP contribution in [0.2, 0.25) is 0 Å². The molecule has 1 heterocycles. The Morgan fingerprint density at radius 3 is 2.71 bits per heavy atom. The first-order chi connectivity index (χ1) is 9.98. The van der Waals surface area contributed by atoms with Gasteiger partial charge in [-0.2, -0.15) is 15.6 Å². The van der Waals surface area contributed by atoms with Gasteiger partial charge in [-0.3, -0.25) is 0 Å². The third-order valence-electron chi connectivity index (χ3n) is 3.41. The molecule has 2 aromatic rings. The summed E-state index contributed by atoms with van der Waals surface area (Å²) in [4.78, 5) is -0.343. The van der Waals surface area contributed by atoms with Gasteiger partial charge in [0.25, 0.3) is 0 Å². The molecule has 2 N–H and O–H groups in total. The molecule has 112 valence electrons. The van der Waals surface area contributed by atoms with E-state index in [0.29, 0.717) is 0 Å². The first-order valence-corrected chi connectivity index (χ1v) is 8.95. The van der Waals surface area contributed by atoms with Gasteiger partial charge in [-0.05, 0) is 53.4 Å². The van der Waals surface area contributed by atoms with Crippen molar-refractivity contribution in [2.24, 2.45) is 0 Å². The third-order valence-corrected chi connectivity index (χ3v) is 6.06. The fourth-order valence-electron chi connectivity index (χ4n) is 2.18. The SMILES string of the molecule is Nc1ccc(F)c(S(=O)(=O)N(Cc2ccsc2)C2CC2)c1. The number of nitrogens with two attached hydrogens (primary N) is 1. The fraction of sp³-hybridized carbons (Fsp3) is 0.286. The summed E-state index contributed by atoms with van der Waals surface area (Å²) in [7, 11) is -3.88. The number of hydrogen-bond acceptors (Lipinski definition) is 4. The molecule has 1 aliphatic carbocycles. The maximum Gasteiger partial charge on any atom is 0.246 e. The second-order valence-electron chi connectivity index (χ2n) is 5.10. The van der Waals surface area contributed by atoms with Gasteiger partial charge in [-0.1, -0.05) is 0 Å². The van der Waals surface area contributed by atoms with E-state index in [1.165, 1.54) is 27.8 Å². The predicted octanol–water partition coefficient (Wildman–Crippen LogP) is 2.82. The third kappa shape index (κ3) is 2.95. The van der Waals surface area contributed by atoms with Crippen molar-refractivity contribution in [3.05, 3.63) is 46.4 Å². The van der Waals surface area contributed by atoms with Crippen molar-refractivity contribution < 1.29 is 12.8 Å². The molecular formula is C14H15FN2O2S2.